The molecule has 1 aliphatic heterocycles. The van der Waals surface area contributed by atoms with Crippen LogP contribution in [0.15, 0.2) is 47.7 Å². The van der Waals surface area contributed by atoms with Crippen molar-refractivity contribution in [1.82, 2.24) is 5.32 Å². The van der Waals surface area contributed by atoms with Crippen LogP contribution in [-0.2, 0) is 14.3 Å². The zero-order valence-electron chi connectivity index (χ0n) is 12.6. The van der Waals surface area contributed by atoms with Crippen LogP contribution in [0.4, 0.5) is 5.69 Å². The van der Waals surface area contributed by atoms with Crippen LogP contribution in [-0.4, -0.2) is 23.5 Å². The Morgan fingerprint density at radius 2 is 2.00 bits per heavy atom. The number of hydrogen-bond donors (Lipinski definition) is 1. The van der Waals surface area contributed by atoms with Gasteiger partial charge < -0.3 is 4.74 Å². The molecule has 1 fully saturated rings. The molecule has 5 nitrogen and oxygen atoms in total. The summed E-state index contributed by atoms with van der Waals surface area (Å²) in [6.07, 6.45) is 2.96. The molecular weight excluding hydrogens is 336 g/mol. The van der Waals surface area contributed by atoms with Gasteiger partial charge in [-0.25, -0.2) is 0 Å². The van der Waals surface area contributed by atoms with Crippen molar-refractivity contribution in [3.63, 3.8) is 0 Å². The van der Waals surface area contributed by atoms with E-state index in [1.54, 1.807) is 31.2 Å². The number of rotatable bonds is 4. The van der Waals surface area contributed by atoms with E-state index >= 15 is 0 Å². The highest BCUT2D eigenvalue weighted by Crippen LogP contribution is 2.23. The largest absolute Gasteiger partial charge is 0.501 e. The molecule has 0 bridgehead atoms. The number of halogens is 1. The molecule has 2 amide bonds. The number of thiocarbonyl (C=S) groups is 1. The predicted molar refractivity (Wildman–Crippen MR) is 93.1 cm³/mol. The van der Waals surface area contributed by atoms with Crippen molar-refractivity contribution < 1.29 is 14.3 Å². The van der Waals surface area contributed by atoms with Crippen LogP contribution in [0, 0.1) is 0 Å². The molecular formula is C16H15ClN2O3S. The van der Waals surface area contributed by atoms with Gasteiger partial charge in [0.25, 0.3) is 11.8 Å². The summed E-state index contributed by atoms with van der Waals surface area (Å²) in [7, 11) is 0. The number of nitrogens with one attached hydrogen (secondary N) is 1. The third-order valence-electron chi connectivity index (χ3n) is 2.99. The number of carbonyl (C=O) groups is 2. The zero-order valence-corrected chi connectivity index (χ0v) is 14.2. The maximum absolute atomic E-state index is 12.6. The van der Waals surface area contributed by atoms with Crippen molar-refractivity contribution in [2.24, 2.45) is 0 Å². The molecule has 0 aromatic heterocycles. The Kier molecular flexibility index (Phi) is 5.52. The molecule has 0 unspecified atom stereocenters. The quantitative estimate of drug-likeness (QED) is 0.392. The summed E-state index contributed by atoms with van der Waals surface area (Å²) >= 11 is 11.0. The second-order valence-electron chi connectivity index (χ2n) is 4.75. The summed E-state index contributed by atoms with van der Waals surface area (Å²) in [6, 6.07) is 6.61. The first-order valence-electron chi connectivity index (χ1n) is 6.89. The monoisotopic (exact) mass is 350 g/mol. The third kappa shape index (κ3) is 3.97. The molecule has 1 aliphatic rings. The number of ether oxygens (including phenoxy) is 1. The molecule has 7 heteroatoms. The Labute approximate surface area is 144 Å². The Morgan fingerprint density at radius 3 is 2.61 bits per heavy atom. The normalized spacial score (nSPS) is 17.5. The van der Waals surface area contributed by atoms with Gasteiger partial charge in [-0.1, -0.05) is 11.6 Å². The minimum absolute atomic E-state index is 0.0120. The number of benzene rings is 1. The average molecular weight is 351 g/mol. The predicted octanol–water partition coefficient (Wildman–Crippen LogP) is 2.95. The summed E-state index contributed by atoms with van der Waals surface area (Å²) in [6.45, 7) is 4.08. The molecule has 1 N–H and O–H groups in total. The standard InChI is InChI=1S/C16H15ClN2O3S/c1-3-22-9-10(2)8-13-14(20)18-16(23)19(15(13)21)12-6-4-11(17)5-7-12/h4-9H,3H2,1-2H3,(H,18,20,23)/b10-9+,13-8-. The first-order valence-corrected chi connectivity index (χ1v) is 7.68. The molecule has 0 atom stereocenters. The summed E-state index contributed by atoms with van der Waals surface area (Å²) < 4.78 is 5.15. The van der Waals surface area contributed by atoms with Crippen molar-refractivity contribution >= 4 is 46.4 Å². The highest BCUT2D eigenvalue weighted by molar-refractivity contribution is 7.80. The van der Waals surface area contributed by atoms with Gasteiger partial charge >= 0.3 is 0 Å². The SMILES string of the molecule is CCO/C=C(C)/C=C1/C(=O)NC(=S)N(c2ccc(Cl)cc2)C1=O. The minimum atomic E-state index is -0.533. The molecule has 0 spiro atoms. The van der Waals surface area contributed by atoms with Crippen LogP contribution >= 0.6 is 23.8 Å². The summed E-state index contributed by atoms with van der Waals surface area (Å²) in [5, 5.41) is 3.09. The van der Waals surface area contributed by atoms with E-state index in [9.17, 15) is 9.59 Å². The Balaban J connectivity index is 2.37. The van der Waals surface area contributed by atoms with Crippen molar-refractivity contribution in [1.29, 1.82) is 0 Å². The van der Waals surface area contributed by atoms with E-state index in [1.807, 2.05) is 6.92 Å². The van der Waals surface area contributed by atoms with E-state index in [0.29, 0.717) is 22.9 Å². The van der Waals surface area contributed by atoms with E-state index in [0.717, 1.165) is 0 Å². The second-order valence-corrected chi connectivity index (χ2v) is 5.57. The smallest absolute Gasteiger partial charge is 0.270 e. The number of anilines is 1. The van der Waals surface area contributed by atoms with E-state index in [4.69, 9.17) is 28.6 Å². The lowest BCUT2D eigenvalue weighted by molar-refractivity contribution is -0.122. The number of amides is 2. The average Bonchev–Trinajstić information content (AvgIpc) is 2.51. The summed E-state index contributed by atoms with van der Waals surface area (Å²) in [4.78, 5) is 26.0. The Bertz CT molecular complexity index is 711. The first kappa shape index (κ1) is 17.2. The number of carbonyl (C=O) groups excluding carboxylic acids is 2. The lowest BCUT2D eigenvalue weighted by atomic mass is 10.1. The van der Waals surface area contributed by atoms with Crippen LogP contribution in [0.2, 0.25) is 5.02 Å². The number of nitrogens with zero attached hydrogens (tertiary/aromatic N) is 1. The highest BCUT2D eigenvalue weighted by Gasteiger charge is 2.34. The van der Waals surface area contributed by atoms with E-state index in [1.165, 1.54) is 17.2 Å². The molecule has 1 heterocycles. The maximum Gasteiger partial charge on any atom is 0.270 e. The molecule has 1 aromatic carbocycles. The van der Waals surface area contributed by atoms with Crippen LogP contribution in [0.3, 0.4) is 0 Å². The fourth-order valence-electron chi connectivity index (χ4n) is 1.96. The Morgan fingerprint density at radius 1 is 1.35 bits per heavy atom. The summed E-state index contributed by atoms with van der Waals surface area (Å²) in [5.41, 5.74) is 1.16. The van der Waals surface area contributed by atoms with Crippen molar-refractivity contribution in [2.75, 3.05) is 11.5 Å². The number of hydrogen-bond acceptors (Lipinski definition) is 4. The molecule has 120 valence electrons. The minimum Gasteiger partial charge on any atom is -0.501 e. The van der Waals surface area contributed by atoms with Gasteiger partial charge in [-0.3, -0.25) is 19.8 Å². The molecule has 0 aliphatic carbocycles. The molecule has 2 rings (SSSR count). The first-order chi connectivity index (χ1) is 10.9. The van der Waals surface area contributed by atoms with Gasteiger partial charge in [0.15, 0.2) is 5.11 Å². The van der Waals surface area contributed by atoms with Gasteiger partial charge in [-0.15, -0.1) is 0 Å². The van der Waals surface area contributed by atoms with E-state index in [2.05, 4.69) is 5.32 Å². The van der Waals surface area contributed by atoms with Crippen LogP contribution in [0.25, 0.3) is 0 Å². The molecule has 23 heavy (non-hydrogen) atoms. The van der Waals surface area contributed by atoms with Crippen molar-refractivity contribution in [3.8, 4) is 0 Å². The van der Waals surface area contributed by atoms with Gasteiger partial charge in [0.1, 0.15) is 5.57 Å². The van der Waals surface area contributed by atoms with Gasteiger partial charge in [0, 0.05) is 5.02 Å². The van der Waals surface area contributed by atoms with Crippen LogP contribution < -0.4 is 10.2 Å². The zero-order chi connectivity index (χ0) is 17.0. The number of allylic oxidation sites excluding steroid dienone is 2. The lowest BCUT2D eigenvalue weighted by Crippen LogP contribution is -2.54. The topological polar surface area (TPSA) is 58.6 Å². The van der Waals surface area contributed by atoms with Crippen LogP contribution in [0.1, 0.15) is 13.8 Å². The summed E-state index contributed by atoms with van der Waals surface area (Å²) in [5.74, 6) is -1.03. The van der Waals surface area contributed by atoms with E-state index < -0.39 is 11.8 Å². The van der Waals surface area contributed by atoms with Gasteiger partial charge in [-0.05, 0) is 62.0 Å². The van der Waals surface area contributed by atoms with Gasteiger partial charge in [0.2, 0.25) is 0 Å². The molecule has 1 aromatic rings. The van der Waals surface area contributed by atoms with Crippen LogP contribution in [0.5, 0.6) is 0 Å². The molecule has 0 saturated carbocycles. The second kappa shape index (κ2) is 7.39. The Hall–Kier alpha value is -2.18. The lowest BCUT2D eigenvalue weighted by Gasteiger charge is -2.28. The van der Waals surface area contributed by atoms with Gasteiger partial charge in [0.05, 0.1) is 18.6 Å². The fourth-order valence-corrected chi connectivity index (χ4v) is 2.37. The van der Waals surface area contributed by atoms with E-state index in [-0.39, 0.29) is 10.7 Å². The van der Waals surface area contributed by atoms with Gasteiger partial charge in [-0.2, -0.15) is 0 Å². The highest BCUT2D eigenvalue weighted by atomic mass is 35.5. The fraction of sp³-hybridized carbons (Fsp3) is 0.188. The molecule has 0 radical (unpaired) electrons. The maximum atomic E-state index is 12.6. The van der Waals surface area contributed by atoms with Crippen molar-refractivity contribution in [3.05, 3.63) is 52.8 Å². The third-order valence-corrected chi connectivity index (χ3v) is 3.53. The van der Waals surface area contributed by atoms with Crippen molar-refractivity contribution in [2.45, 2.75) is 13.8 Å². The molecule has 1 saturated heterocycles.